The minimum atomic E-state index is -0.132. The number of ether oxygens (including phenoxy) is 2. The molecule has 164 valence electrons. The lowest BCUT2D eigenvalue weighted by molar-refractivity contribution is -0.127. The van der Waals surface area contributed by atoms with Crippen molar-refractivity contribution < 1.29 is 19.1 Å². The number of nitrogens with one attached hydrogen (secondary N) is 1. The van der Waals surface area contributed by atoms with Gasteiger partial charge in [-0.1, -0.05) is 42.5 Å². The molecule has 1 saturated heterocycles. The molecular formula is C26H26N2O4. The predicted molar refractivity (Wildman–Crippen MR) is 122 cm³/mol. The summed E-state index contributed by atoms with van der Waals surface area (Å²) in [5.41, 5.74) is 1.70. The summed E-state index contributed by atoms with van der Waals surface area (Å²) < 4.78 is 10.8. The van der Waals surface area contributed by atoms with Gasteiger partial charge in [0.25, 0.3) is 5.91 Å². The van der Waals surface area contributed by atoms with E-state index in [2.05, 4.69) is 5.32 Å². The van der Waals surface area contributed by atoms with Crippen LogP contribution in [0.1, 0.15) is 41.7 Å². The van der Waals surface area contributed by atoms with Crippen molar-refractivity contribution in [2.45, 2.75) is 25.8 Å². The van der Waals surface area contributed by atoms with Crippen LogP contribution in [0.25, 0.3) is 10.8 Å². The molecule has 2 amide bonds. The van der Waals surface area contributed by atoms with E-state index in [4.69, 9.17) is 9.47 Å². The van der Waals surface area contributed by atoms with Gasteiger partial charge in [0.1, 0.15) is 0 Å². The Labute approximate surface area is 187 Å². The number of hydrogen-bond donors (Lipinski definition) is 1. The van der Waals surface area contributed by atoms with Gasteiger partial charge in [0.2, 0.25) is 12.7 Å². The monoisotopic (exact) mass is 430 g/mol. The van der Waals surface area contributed by atoms with Gasteiger partial charge in [-0.3, -0.25) is 9.59 Å². The van der Waals surface area contributed by atoms with E-state index in [1.807, 2.05) is 72.5 Å². The number of piperidine rings is 1. The van der Waals surface area contributed by atoms with Crippen molar-refractivity contribution in [2.24, 2.45) is 5.92 Å². The van der Waals surface area contributed by atoms with Crippen molar-refractivity contribution in [3.8, 4) is 11.5 Å². The fourth-order valence-corrected chi connectivity index (χ4v) is 4.52. The van der Waals surface area contributed by atoms with E-state index in [1.165, 1.54) is 0 Å². The highest BCUT2D eigenvalue weighted by Gasteiger charge is 2.29. The molecule has 0 aromatic heterocycles. The molecule has 6 heteroatoms. The van der Waals surface area contributed by atoms with Crippen molar-refractivity contribution in [2.75, 3.05) is 19.9 Å². The van der Waals surface area contributed by atoms with Gasteiger partial charge in [-0.2, -0.15) is 0 Å². The standard InChI is InChI=1S/C26H26N2O4/c1-17(20-9-10-23-24(15-20)32-16-31-23)27-25(29)19-11-13-28(14-12-19)26(30)22-8-4-6-18-5-2-3-7-21(18)22/h2-10,15,17,19H,11-14,16H2,1H3,(H,27,29). The van der Waals surface area contributed by atoms with E-state index in [1.54, 1.807) is 0 Å². The number of rotatable bonds is 4. The number of benzene rings is 3. The topological polar surface area (TPSA) is 67.9 Å². The van der Waals surface area contributed by atoms with Crippen LogP contribution >= 0.6 is 0 Å². The first-order valence-corrected chi connectivity index (χ1v) is 11.1. The van der Waals surface area contributed by atoms with E-state index >= 15 is 0 Å². The summed E-state index contributed by atoms with van der Waals surface area (Å²) in [5.74, 6) is 1.42. The first kappa shape index (κ1) is 20.4. The molecule has 2 heterocycles. The molecule has 1 N–H and O–H groups in total. The van der Waals surface area contributed by atoms with Crippen LogP contribution in [0.2, 0.25) is 0 Å². The zero-order valence-electron chi connectivity index (χ0n) is 18.0. The van der Waals surface area contributed by atoms with E-state index < -0.39 is 0 Å². The van der Waals surface area contributed by atoms with Crippen LogP contribution in [0.4, 0.5) is 0 Å². The molecule has 0 radical (unpaired) electrons. The molecule has 2 aliphatic heterocycles. The summed E-state index contributed by atoms with van der Waals surface area (Å²) in [6.45, 7) is 3.36. The summed E-state index contributed by atoms with van der Waals surface area (Å²) in [7, 11) is 0. The quantitative estimate of drug-likeness (QED) is 0.670. The molecule has 1 unspecified atom stereocenters. The predicted octanol–water partition coefficient (Wildman–Crippen LogP) is 4.30. The summed E-state index contributed by atoms with van der Waals surface area (Å²) >= 11 is 0. The molecule has 0 bridgehead atoms. The average Bonchev–Trinajstić information content (AvgIpc) is 3.31. The van der Waals surface area contributed by atoms with Crippen molar-refractivity contribution >= 4 is 22.6 Å². The number of hydrogen-bond acceptors (Lipinski definition) is 4. The van der Waals surface area contributed by atoms with Gasteiger partial charge in [0.15, 0.2) is 11.5 Å². The van der Waals surface area contributed by atoms with Gasteiger partial charge in [0.05, 0.1) is 6.04 Å². The van der Waals surface area contributed by atoms with Crippen LogP contribution < -0.4 is 14.8 Å². The first-order valence-electron chi connectivity index (χ1n) is 11.1. The van der Waals surface area contributed by atoms with Crippen molar-refractivity contribution in [1.29, 1.82) is 0 Å². The number of carbonyl (C=O) groups excluding carboxylic acids is 2. The summed E-state index contributed by atoms with van der Waals surface area (Å²) in [5, 5.41) is 5.15. The van der Waals surface area contributed by atoms with E-state index in [0.29, 0.717) is 31.7 Å². The number of likely N-dealkylation sites (tertiary alicyclic amines) is 1. The maximum atomic E-state index is 13.1. The van der Waals surface area contributed by atoms with Gasteiger partial charge in [-0.15, -0.1) is 0 Å². The Morgan fingerprint density at radius 2 is 1.72 bits per heavy atom. The minimum absolute atomic E-state index is 0.0347. The van der Waals surface area contributed by atoms with Crippen LogP contribution in [0.15, 0.2) is 60.7 Å². The van der Waals surface area contributed by atoms with Crippen LogP contribution in [-0.2, 0) is 4.79 Å². The molecule has 1 atom stereocenters. The molecule has 0 saturated carbocycles. The third-order valence-electron chi connectivity index (χ3n) is 6.43. The van der Waals surface area contributed by atoms with Crippen molar-refractivity contribution in [3.05, 3.63) is 71.8 Å². The van der Waals surface area contributed by atoms with E-state index in [9.17, 15) is 9.59 Å². The van der Waals surface area contributed by atoms with E-state index in [-0.39, 0.29) is 30.6 Å². The van der Waals surface area contributed by atoms with Gasteiger partial charge in [-0.05, 0) is 54.3 Å². The number of nitrogens with zero attached hydrogens (tertiary/aromatic N) is 1. The number of fused-ring (bicyclic) bond motifs is 2. The number of carbonyl (C=O) groups is 2. The molecular weight excluding hydrogens is 404 g/mol. The summed E-state index contributed by atoms with van der Waals surface area (Å²) in [6.07, 6.45) is 1.33. The molecule has 32 heavy (non-hydrogen) atoms. The van der Waals surface area contributed by atoms with Crippen LogP contribution in [0, 0.1) is 5.92 Å². The maximum Gasteiger partial charge on any atom is 0.254 e. The molecule has 6 nitrogen and oxygen atoms in total. The lowest BCUT2D eigenvalue weighted by Crippen LogP contribution is -2.43. The second kappa shape index (κ2) is 8.54. The average molecular weight is 431 g/mol. The zero-order chi connectivity index (χ0) is 22.1. The van der Waals surface area contributed by atoms with Gasteiger partial charge in [0, 0.05) is 24.6 Å². The Morgan fingerprint density at radius 3 is 2.56 bits per heavy atom. The second-order valence-electron chi connectivity index (χ2n) is 8.44. The molecule has 1 fully saturated rings. The Bertz CT molecular complexity index is 1160. The lowest BCUT2D eigenvalue weighted by atomic mass is 9.94. The van der Waals surface area contributed by atoms with Crippen molar-refractivity contribution in [3.63, 3.8) is 0 Å². The Hall–Kier alpha value is -3.54. The normalized spacial score (nSPS) is 16.7. The van der Waals surface area contributed by atoms with E-state index in [0.717, 1.165) is 27.6 Å². The fraction of sp³-hybridized carbons (Fsp3) is 0.308. The largest absolute Gasteiger partial charge is 0.454 e. The summed E-state index contributed by atoms with van der Waals surface area (Å²) in [4.78, 5) is 27.9. The zero-order valence-corrected chi connectivity index (χ0v) is 18.0. The molecule has 0 spiro atoms. The third-order valence-corrected chi connectivity index (χ3v) is 6.43. The molecule has 3 aromatic rings. The minimum Gasteiger partial charge on any atom is -0.454 e. The second-order valence-corrected chi connectivity index (χ2v) is 8.44. The molecule has 5 rings (SSSR count). The highest BCUT2D eigenvalue weighted by molar-refractivity contribution is 6.07. The SMILES string of the molecule is CC(NC(=O)C1CCN(C(=O)c2cccc3ccccc23)CC1)c1ccc2c(c1)OCO2. The molecule has 3 aromatic carbocycles. The van der Waals surface area contributed by atoms with Crippen molar-refractivity contribution in [1.82, 2.24) is 10.2 Å². The molecule has 0 aliphatic carbocycles. The smallest absolute Gasteiger partial charge is 0.254 e. The van der Waals surface area contributed by atoms with Crippen LogP contribution in [0.3, 0.4) is 0 Å². The molecule has 2 aliphatic rings. The third kappa shape index (κ3) is 3.88. The Morgan fingerprint density at radius 1 is 0.969 bits per heavy atom. The highest BCUT2D eigenvalue weighted by atomic mass is 16.7. The van der Waals surface area contributed by atoms with Gasteiger partial charge >= 0.3 is 0 Å². The van der Waals surface area contributed by atoms with Gasteiger partial charge in [-0.25, -0.2) is 0 Å². The van der Waals surface area contributed by atoms with Gasteiger partial charge < -0.3 is 19.7 Å². The Kier molecular flexibility index (Phi) is 5.43. The Balaban J connectivity index is 1.20. The van der Waals surface area contributed by atoms with Crippen LogP contribution in [-0.4, -0.2) is 36.6 Å². The number of amides is 2. The maximum absolute atomic E-state index is 13.1. The summed E-state index contributed by atoms with van der Waals surface area (Å²) in [6, 6.07) is 19.4. The highest BCUT2D eigenvalue weighted by Crippen LogP contribution is 2.34. The fourth-order valence-electron chi connectivity index (χ4n) is 4.52. The first-order chi connectivity index (χ1) is 15.6. The van der Waals surface area contributed by atoms with Crippen LogP contribution in [0.5, 0.6) is 11.5 Å². The lowest BCUT2D eigenvalue weighted by Gasteiger charge is -2.32.